The molecule has 1 atom stereocenters. The van der Waals surface area contributed by atoms with Crippen LogP contribution in [0, 0.1) is 5.92 Å². The number of methoxy groups -OCH3 is 1. The lowest BCUT2D eigenvalue weighted by Crippen LogP contribution is -2.47. The summed E-state index contributed by atoms with van der Waals surface area (Å²) in [7, 11) is 1.66. The van der Waals surface area contributed by atoms with Crippen molar-refractivity contribution in [3.05, 3.63) is 41.5 Å². The second-order valence-corrected chi connectivity index (χ2v) is 7.99. The van der Waals surface area contributed by atoms with Gasteiger partial charge in [0.2, 0.25) is 0 Å². The number of nitrogens with zero attached hydrogens (tertiary/aromatic N) is 4. The largest absolute Gasteiger partial charge is 0.493 e. The summed E-state index contributed by atoms with van der Waals surface area (Å²) >= 11 is 0. The van der Waals surface area contributed by atoms with Gasteiger partial charge in [-0.05, 0) is 37.0 Å². The van der Waals surface area contributed by atoms with Crippen LogP contribution in [0.15, 0.2) is 29.3 Å². The molecular formula is C22H35IN6O2. The third-order valence-electron chi connectivity index (χ3n) is 4.76. The Bertz CT molecular complexity index is 839. The number of ether oxygens (including phenoxy) is 2. The van der Waals surface area contributed by atoms with Crippen molar-refractivity contribution in [1.29, 1.82) is 0 Å². The minimum Gasteiger partial charge on any atom is -0.493 e. The van der Waals surface area contributed by atoms with Crippen LogP contribution in [0.4, 0.5) is 0 Å². The van der Waals surface area contributed by atoms with E-state index in [0.717, 1.165) is 61.5 Å². The zero-order valence-electron chi connectivity index (χ0n) is 18.9. The zero-order valence-corrected chi connectivity index (χ0v) is 21.3. The Labute approximate surface area is 202 Å². The van der Waals surface area contributed by atoms with Crippen LogP contribution in [0.3, 0.4) is 0 Å². The Morgan fingerprint density at radius 1 is 1.35 bits per heavy atom. The first-order chi connectivity index (χ1) is 14.6. The van der Waals surface area contributed by atoms with Gasteiger partial charge < -0.3 is 20.1 Å². The van der Waals surface area contributed by atoms with Gasteiger partial charge in [-0.2, -0.15) is 5.10 Å². The van der Waals surface area contributed by atoms with Gasteiger partial charge in [0.05, 0.1) is 19.7 Å². The van der Waals surface area contributed by atoms with Gasteiger partial charge in [0, 0.05) is 26.1 Å². The van der Waals surface area contributed by atoms with E-state index in [2.05, 4.69) is 53.6 Å². The van der Waals surface area contributed by atoms with Crippen LogP contribution in [0.1, 0.15) is 44.4 Å². The average molecular weight is 542 g/mol. The molecule has 0 saturated heterocycles. The summed E-state index contributed by atoms with van der Waals surface area (Å²) in [6, 6.07) is 8.41. The first kappa shape index (κ1) is 25.4. The molecule has 0 aliphatic carbocycles. The molecule has 1 unspecified atom stereocenters. The lowest BCUT2D eigenvalue weighted by molar-refractivity contribution is 0.177. The van der Waals surface area contributed by atoms with Gasteiger partial charge >= 0.3 is 0 Å². The van der Waals surface area contributed by atoms with Crippen molar-refractivity contribution in [3.8, 4) is 5.75 Å². The summed E-state index contributed by atoms with van der Waals surface area (Å²) in [5.74, 6) is 3.99. The Kier molecular flexibility index (Phi) is 10.5. The topological polar surface area (TPSA) is 85.6 Å². The third kappa shape index (κ3) is 7.95. The number of aryl methyl sites for hydroxylation is 1. The Morgan fingerprint density at radius 2 is 2.19 bits per heavy atom. The summed E-state index contributed by atoms with van der Waals surface area (Å²) in [4.78, 5) is 9.32. The molecule has 2 heterocycles. The molecule has 1 aliphatic heterocycles. The number of nitrogens with one attached hydrogen (secondary N) is 2. The van der Waals surface area contributed by atoms with Crippen molar-refractivity contribution < 1.29 is 9.47 Å². The Balaban J connectivity index is 0.00000341. The van der Waals surface area contributed by atoms with Gasteiger partial charge in [-0.1, -0.05) is 26.0 Å². The molecule has 8 nitrogen and oxygen atoms in total. The second-order valence-electron chi connectivity index (χ2n) is 7.99. The molecule has 2 aromatic rings. The SMILES string of the molecule is CCNC(=NCc1cccc(OCC(C)C)c1)NC1CCc2nc(COC)nn2C1.I. The van der Waals surface area contributed by atoms with E-state index < -0.39 is 0 Å². The van der Waals surface area contributed by atoms with Crippen molar-refractivity contribution in [2.24, 2.45) is 10.9 Å². The molecule has 3 rings (SSSR count). The van der Waals surface area contributed by atoms with E-state index in [1.807, 2.05) is 16.8 Å². The van der Waals surface area contributed by atoms with Crippen LogP contribution in [0.5, 0.6) is 5.75 Å². The molecule has 1 aliphatic rings. The molecule has 0 saturated carbocycles. The van der Waals surface area contributed by atoms with Gasteiger partial charge in [-0.3, -0.25) is 0 Å². The molecular weight excluding hydrogens is 507 g/mol. The standard InChI is InChI=1S/C22H34N6O2.HI/c1-5-23-22(24-12-17-7-6-8-19(11-17)30-14-16(2)3)25-18-9-10-21-26-20(15-29-4)27-28(21)13-18;/h6-8,11,16,18H,5,9-10,12-15H2,1-4H3,(H2,23,24,25);1H. The number of halogens is 1. The van der Waals surface area contributed by atoms with Crippen molar-refractivity contribution in [2.45, 2.75) is 59.4 Å². The monoisotopic (exact) mass is 542 g/mol. The summed E-state index contributed by atoms with van der Waals surface area (Å²) in [5, 5.41) is 11.4. The van der Waals surface area contributed by atoms with Gasteiger partial charge in [-0.25, -0.2) is 14.7 Å². The summed E-state index contributed by atoms with van der Waals surface area (Å²) in [6.45, 7) is 9.70. The number of hydrogen-bond donors (Lipinski definition) is 2. The van der Waals surface area contributed by atoms with E-state index >= 15 is 0 Å². The molecule has 0 radical (unpaired) electrons. The minimum absolute atomic E-state index is 0. The predicted octanol–water partition coefficient (Wildman–Crippen LogP) is 3.15. The number of rotatable bonds is 9. The third-order valence-corrected chi connectivity index (χ3v) is 4.76. The fourth-order valence-electron chi connectivity index (χ4n) is 3.35. The highest BCUT2D eigenvalue weighted by Gasteiger charge is 2.22. The van der Waals surface area contributed by atoms with E-state index in [1.54, 1.807) is 7.11 Å². The average Bonchev–Trinajstić information content (AvgIpc) is 3.13. The van der Waals surface area contributed by atoms with E-state index in [1.165, 1.54) is 0 Å². The lowest BCUT2D eigenvalue weighted by Gasteiger charge is -2.25. The summed E-state index contributed by atoms with van der Waals surface area (Å²) in [6.07, 6.45) is 1.89. The van der Waals surface area contributed by atoms with Crippen LogP contribution in [0.2, 0.25) is 0 Å². The molecule has 0 spiro atoms. The van der Waals surface area contributed by atoms with Gasteiger partial charge in [-0.15, -0.1) is 24.0 Å². The zero-order chi connectivity index (χ0) is 21.3. The number of benzene rings is 1. The number of aromatic nitrogens is 3. The molecule has 2 N–H and O–H groups in total. The van der Waals surface area contributed by atoms with E-state index in [4.69, 9.17) is 14.5 Å². The van der Waals surface area contributed by atoms with Crippen molar-refractivity contribution in [3.63, 3.8) is 0 Å². The van der Waals surface area contributed by atoms with Crippen LogP contribution in [-0.4, -0.2) is 47.0 Å². The lowest BCUT2D eigenvalue weighted by atomic mass is 10.1. The van der Waals surface area contributed by atoms with Crippen LogP contribution in [-0.2, 0) is 30.9 Å². The first-order valence-corrected chi connectivity index (χ1v) is 10.8. The Hall–Kier alpha value is -1.88. The fraction of sp³-hybridized carbons (Fsp3) is 0.591. The minimum atomic E-state index is 0. The number of aliphatic imine (C=N–C) groups is 1. The van der Waals surface area contributed by atoms with Crippen molar-refractivity contribution in [2.75, 3.05) is 20.3 Å². The van der Waals surface area contributed by atoms with Crippen LogP contribution in [0.25, 0.3) is 0 Å². The normalized spacial score (nSPS) is 15.9. The Morgan fingerprint density at radius 3 is 2.94 bits per heavy atom. The molecule has 31 heavy (non-hydrogen) atoms. The molecule has 1 aromatic carbocycles. The molecule has 0 amide bonds. The molecule has 0 bridgehead atoms. The maximum atomic E-state index is 5.83. The quantitative estimate of drug-likeness (QED) is 0.288. The van der Waals surface area contributed by atoms with Crippen molar-refractivity contribution in [1.82, 2.24) is 25.4 Å². The maximum absolute atomic E-state index is 5.83. The van der Waals surface area contributed by atoms with Crippen LogP contribution >= 0.6 is 24.0 Å². The van der Waals surface area contributed by atoms with Gasteiger partial charge in [0.25, 0.3) is 0 Å². The predicted molar refractivity (Wildman–Crippen MR) is 133 cm³/mol. The number of hydrogen-bond acceptors (Lipinski definition) is 5. The molecule has 1 aromatic heterocycles. The van der Waals surface area contributed by atoms with Crippen LogP contribution < -0.4 is 15.4 Å². The van der Waals surface area contributed by atoms with Gasteiger partial charge in [0.15, 0.2) is 11.8 Å². The van der Waals surface area contributed by atoms with E-state index in [0.29, 0.717) is 19.1 Å². The highest BCUT2D eigenvalue weighted by molar-refractivity contribution is 14.0. The number of fused-ring (bicyclic) bond motifs is 1. The van der Waals surface area contributed by atoms with E-state index in [-0.39, 0.29) is 30.0 Å². The maximum Gasteiger partial charge on any atom is 0.191 e. The molecule has 172 valence electrons. The van der Waals surface area contributed by atoms with E-state index in [9.17, 15) is 0 Å². The first-order valence-electron chi connectivity index (χ1n) is 10.8. The second kappa shape index (κ2) is 12.8. The molecule has 9 heteroatoms. The molecule has 0 fully saturated rings. The highest BCUT2D eigenvalue weighted by atomic mass is 127. The fourth-order valence-corrected chi connectivity index (χ4v) is 3.35. The highest BCUT2D eigenvalue weighted by Crippen LogP contribution is 2.16. The summed E-state index contributed by atoms with van der Waals surface area (Å²) < 4.78 is 13.0. The van der Waals surface area contributed by atoms with Gasteiger partial charge in [0.1, 0.15) is 18.2 Å². The smallest absolute Gasteiger partial charge is 0.191 e. The summed E-state index contributed by atoms with van der Waals surface area (Å²) in [5.41, 5.74) is 1.12. The number of guanidine groups is 1. The van der Waals surface area contributed by atoms with Crippen molar-refractivity contribution >= 4 is 29.9 Å².